The van der Waals surface area contributed by atoms with E-state index in [9.17, 15) is 4.79 Å². The standard InChI is InChI=1S/C11H22N2OS/c1-13(2)11(14)6-7-12-9-4-5-10(8-9)15-3/h9-10,12H,4-8H2,1-3H3. The van der Waals surface area contributed by atoms with Gasteiger partial charge in [0.15, 0.2) is 0 Å². The van der Waals surface area contributed by atoms with Crippen molar-refractivity contribution in [3.05, 3.63) is 0 Å². The molecule has 0 saturated heterocycles. The fourth-order valence-electron chi connectivity index (χ4n) is 1.95. The molecule has 88 valence electrons. The predicted molar refractivity (Wildman–Crippen MR) is 66.3 cm³/mol. The summed E-state index contributed by atoms with van der Waals surface area (Å²) in [6, 6.07) is 0.636. The molecule has 1 saturated carbocycles. The van der Waals surface area contributed by atoms with Crippen LogP contribution in [0.25, 0.3) is 0 Å². The Bertz CT molecular complexity index is 209. The average Bonchev–Trinajstić information content (AvgIpc) is 2.65. The second kappa shape index (κ2) is 6.38. The molecule has 1 N–H and O–H groups in total. The van der Waals surface area contributed by atoms with Gasteiger partial charge in [0.25, 0.3) is 0 Å². The third-order valence-corrected chi connectivity index (χ3v) is 4.08. The summed E-state index contributed by atoms with van der Waals surface area (Å²) in [7, 11) is 3.61. The summed E-state index contributed by atoms with van der Waals surface area (Å²) in [5.41, 5.74) is 0. The summed E-state index contributed by atoms with van der Waals surface area (Å²) < 4.78 is 0. The number of nitrogens with zero attached hydrogens (tertiary/aromatic N) is 1. The molecule has 3 nitrogen and oxygen atoms in total. The Morgan fingerprint density at radius 3 is 2.73 bits per heavy atom. The number of amides is 1. The maximum atomic E-state index is 11.3. The van der Waals surface area contributed by atoms with E-state index in [0.717, 1.165) is 11.8 Å². The SMILES string of the molecule is CSC1CCC(NCCC(=O)N(C)C)C1. The zero-order valence-electron chi connectivity index (χ0n) is 9.95. The van der Waals surface area contributed by atoms with Gasteiger partial charge in [0, 0.05) is 38.4 Å². The first-order valence-electron chi connectivity index (χ1n) is 5.59. The number of hydrogen-bond donors (Lipinski definition) is 1. The van der Waals surface area contributed by atoms with Crippen molar-refractivity contribution in [2.24, 2.45) is 0 Å². The summed E-state index contributed by atoms with van der Waals surface area (Å²) >= 11 is 1.97. The first-order valence-corrected chi connectivity index (χ1v) is 6.88. The Labute approximate surface area is 97.0 Å². The molecule has 0 aliphatic heterocycles. The van der Waals surface area contributed by atoms with Gasteiger partial charge in [-0.15, -0.1) is 0 Å². The highest BCUT2D eigenvalue weighted by Gasteiger charge is 2.23. The van der Waals surface area contributed by atoms with E-state index < -0.39 is 0 Å². The van der Waals surface area contributed by atoms with Gasteiger partial charge in [-0.25, -0.2) is 0 Å². The Hall–Kier alpha value is -0.220. The van der Waals surface area contributed by atoms with Crippen LogP contribution in [0.3, 0.4) is 0 Å². The third-order valence-electron chi connectivity index (χ3n) is 2.99. The number of rotatable bonds is 5. The summed E-state index contributed by atoms with van der Waals surface area (Å²) in [6.45, 7) is 0.822. The third kappa shape index (κ3) is 4.43. The quantitative estimate of drug-likeness (QED) is 0.773. The lowest BCUT2D eigenvalue weighted by molar-refractivity contribution is -0.128. The summed E-state index contributed by atoms with van der Waals surface area (Å²) in [5, 5.41) is 4.30. The van der Waals surface area contributed by atoms with Gasteiger partial charge in [-0.3, -0.25) is 4.79 Å². The topological polar surface area (TPSA) is 32.3 Å². The van der Waals surface area contributed by atoms with Gasteiger partial charge in [0.05, 0.1) is 0 Å². The molecule has 1 fully saturated rings. The molecule has 1 rings (SSSR count). The van der Waals surface area contributed by atoms with E-state index in [1.54, 1.807) is 4.90 Å². The van der Waals surface area contributed by atoms with Crippen LogP contribution in [0.4, 0.5) is 0 Å². The minimum Gasteiger partial charge on any atom is -0.349 e. The summed E-state index contributed by atoms with van der Waals surface area (Å²) in [4.78, 5) is 13.0. The van der Waals surface area contributed by atoms with E-state index in [-0.39, 0.29) is 5.91 Å². The van der Waals surface area contributed by atoms with Gasteiger partial charge in [-0.05, 0) is 25.5 Å². The highest BCUT2D eigenvalue weighted by atomic mass is 32.2. The molecule has 0 aromatic rings. The molecule has 1 aliphatic carbocycles. The van der Waals surface area contributed by atoms with Crippen molar-refractivity contribution < 1.29 is 4.79 Å². The predicted octanol–water partition coefficient (Wildman–Crippen LogP) is 1.34. The number of carbonyl (C=O) groups is 1. The highest BCUT2D eigenvalue weighted by Crippen LogP contribution is 2.27. The van der Waals surface area contributed by atoms with Gasteiger partial charge >= 0.3 is 0 Å². The summed E-state index contributed by atoms with van der Waals surface area (Å²) in [6.07, 6.45) is 6.65. The van der Waals surface area contributed by atoms with Crippen molar-refractivity contribution in [2.45, 2.75) is 37.0 Å². The van der Waals surface area contributed by atoms with Crippen LogP contribution in [0, 0.1) is 0 Å². The maximum absolute atomic E-state index is 11.3. The van der Waals surface area contributed by atoms with Crippen molar-refractivity contribution in [1.29, 1.82) is 0 Å². The molecular weight excluding hydrogens is 208 g/mol. The summed E-state index contributed by atoms with van der Waals surface area (Å²) in [5.74, 6) is 0.210. The Morgan fingerprint density at radius 1 is 1.47 bits per heavy atom. The molecule has 15 heavy (non-hydrogen) atoms. The zero-order valence-corrected chi connectivity index (χ0v) is 10.8. The first-order chi connectivity index (χ1) is 7.13. The largest absolute Gasteiger partial charge is 0.349 e. The van der Waals surface area contributed by atoms with Crippen LogP contribution >= 0.6 is 11.8 Å². The van der Waals surface area contributed by atoms with Gasteiger partial charge < -0.3 is 10.2 Å². The smallest absolute Gasteiger partial charge is 0.223 e. The lowest BCUT2D eigenvalue weighted by Crippen LogP contribution is -2.32. The lowest BCUT2D eigenvalue weighted by Gasteiger charge is -2.14. The molecule has 0 spiro atoms. The van der Waals surface area contributed by atoms with Crippen LogP contribution in [0.2, 0.25) is 0 Å². The lowest BCUT2D eigenvalue weighted by atomic mass is 10.2. The molecular formula is C11H22N2OS. The van der Waals surface area contributed by atoms with Crippen LogP contribution < -0.4 is 5.32 Å². The van der Waals surface area contributed by atoms with E-state index in [1.807, 2.05) is 25.9 Å². The minimum absolute atomic E-state index is 0.210. The molecule has 0 radical (unpaired) electrons. The normalized spacial score (nSPS) is 25.5. The van der Waals surface area contributed by atoms with Gasteiger partial charge in [0.2, 0.25) is 5.91 Å². The van der Waals surface area contributed by atoms with Crippen molar-refractivity contribution in [3.8, 4) is 0 Å². The van der Waals surface area contributed by atoms with Gasteiger partial charge in [-0.2, -0.15) is 11.8 Å². The highest BCUT2D eigenvalue weighted by molar-refractivity contribution is 7.99. The fourth-order valence-corrected chi connectivity index (χ4v) is 2.74. The second-order valence-corrected chi connectivity index (χ2v) is 5.50. The van der Waals surface area contributed by atoms with Crippen LogP contribution in [-0.2, 0) is 4.79 Å². The number of thioether (sulfide) groups is 1. The van der Waals surface area contributed by atoms with Crippen LogP contribution in [0.5, 0.6) is 0 Å². The Balaban J connectivity index is 2.09. The monoisotopic (exact) mass is 230 g/mol. The molecule has 2 unspecified atom stereocenters. The van der Waals surface area contributed by atoms with Gasteiger partial charge in [-0.1, -0.05) is 0 Å². The maximum Gasteiger partial charge on any atom is 0.223 e. The zero-order chi connectivity index (χ0) is 11.3. The van der Waals surface area contributed by atoms with Crippen LogP contribution in [-0.4, -0.2) is 49.0 Å². The molecule has 0 aromatic carbocycles. The molecule has 4 heteroatoms. The van der Waals surface area contributed by atoms with E-state index >= 15 is 0 Å². The van der Waals surface area contributed by atoms with E-state index in [4.69, 9.17) is 0 Å². The van der Waals surface area contributed by atoms with E-state index in [1.165, 1.54) is 19.3 Å². The number of carbonyl (C=O) groups excluding carboxylic acids is 1. The molecule has 0 heterocycles. The average molecular weight is 230 g/mol. The van der Waals surface area contributed by atoms with Crippen molar-refractivity contribution in [1.82, 2.24) is 10.2 Å². The Morgan fingerprint density at radius 2 is 2.20 bits per heavy atom. The number of nitrogens with one attached hydrogen (secondary N) is 1. The first kappa shape index (κ1) is 12.8. The molecule has 0 aromatic heterocycles. The minimum atomic E-state index is 0.210. The second-order valence-electron chi connectivity index (χ2n) is 4.36. The van der Waals surface area contributed by atoms with E-state index in [2.05, 4.69) is 11.6 Å². The van der Waals surface area contributed by atoms with E-state index in [0.29, 0.717) is 12.5 Å². The molecule has 1 amide bonds. The molecule has 0 bridgehead atoms. The number of hydrogen-bond acceptors (Lipinski definition) is 3. The molecule has 2 atom stereocenters. The van der Waals surface area contributed by atoms with Gasteiger partial charge in [0.1, 0.15) is 0 Å². The van der Waals surface area contributed by atoms with Crippen LogP contribution in [0.1, 0.15) is 25.7 Å². The Kier molecular flexibility index (Phi) is 5.47. The van der Waals surface area contributed by atoms with Crippen molar-refractivity contribution in [2.75, 3.05) is 26.9 Å². The van der Waals surface area contributed by atoms with Crippen molar-refractivity contribution in [3.63, 3.8) is 0 Å². The molecule has 1 aliphatic rings. The fraction of sp³-hybridized carbons (Fsp3) is 0.909. The van der Waals surface area contributed by atoms with Crippen molar-refractivity contribution >= 4 is 17.7 Å². The van der Waals surface area contributed by atoms with Crippen LogP contribution in [0.15, 0.2) is 0 Å².